The fourth-order valence-corrected chi connectivity index (χ4v) is 2.81. The van der Waals surface area contributed by atoms with Crippen LogP contribution in [0.25, 0.3) is 22.2 Å². The van der Waals surface area contributed by atoms with Gasteiger partial charge in [0.15, 0.2) is 0 Å². The predicted molar refractivity (Wildman–Crippen MR) is 104 cm³/mol. The van der Waals surface area contributed by atoms with Gasteiger partial charge in [-0.15, -0.1) is 0 Å². The largest absolute Gasteiger partial charge is 0.352 e. The number of aryl methyl sites for hydroxylation is 1. The van der Waals surface area contributed by atoms with E-state index in [0.29, 0.717) is 18.0 Å². The smallest absolute Gasteiger partial charge is 0.252 e. The summed E-state index contributed by atoms with van der Waals surface area (Å²) in [6, 6.07) is 18.1. The Hall–Kier alpha value is -2.68. The predicted octanol–water partition coefficient (Wildman–Crippen LogP) is 4.85. The minimum atomic E-state index is -0.0428. The molecule has 0 aliphatic carbocycles. The van der Waals surface area contributed by atoms with Crippen LogP contribution in [0.2, 0.25) is 0 Å². The highest BCUT2D eigenvalue weighted by atomic mass is 16.1. The van der Waals surface area contributed by atoms with Gasteiger partial charge in [-0.3, -0.25) is 4.79 Å². The Morgan fingerprint density at radius 2 is 1.80 bits per heavy atom. The molecule has 128 valence electrons. The minimum absolute atomic E-state index is 0.0428. The Kier molecular flexibility index (Phi) is 5.13. The van der Waals surface area contributed by atoms with E-state index in [9.17, 15) is 4.79 Å². The summed E-state index contributed by atoms with van der Waals surface area (Å²) in [6.07, 6.45) is 1.01. The van der Waals surface area contributed by atoms with Crippen LogP contribution in [0.3, 0.4) is 0 Å². The second kappa shape index (κ2) is 7.47. The zero-order valence-electron chi connectivity index (χ0n) is 15.0. The monoisotopic (exact) mass is 332 g/mol. The maximum atomic E-state index is 12.7. The molecule has 3 heteroatoms. The molecular formula is C22H24N2O. The van der Waals surface area contributed by atoms with Crippen LogP contribution in [-0.2, 0) is 6.42 Å². The van der Waals surface area contributed by atoms with Crippen LogP contribution in [0.15, 0.2) is 54.6 Å². The van der Waals surface area contributed by atoms with Crippen LogP contribution in [-0.4, -0.2) is 17.4 Å². The van der Waals surface area contributed by atoms with Gasteiger partial charge in [0.2, 0.25) is 0 Å². The summed E-state index contributed by atoms with van der Waals surface area (Å²) in [4.78, 5) is 17.5. The van der Waals surface area contributed by atoms with Crippen molar-refractivity contribution in [2.45, 2.75) is 27.2 Å². The number of nitrogens with zero attached hydrogens (tertiary/aromatic N) is 1. The normalized spacial score (nSPS) is 11.0. The summed E-state index contributed by atoms with van der Waals surface area (Å²) in [5.41, 5.74) is 4.67. The fraction of sp³-hybridized carbons (Fsp3) is 0.273. The van der Waals surface area contributed by atoms with Crippen LogP contribution in [0.1, 0.15) is 36.7 Å². The molecule has 0 saturated carbocycles. The molecule has 1 heterocycles. The average molecular weight is 332 g/mol. The van der Waals surface area contributed by atoms with Gasteiger partial charge in [0.1, 0.15) is 0 Å². The molecular weight excluding hydrogens is 308 g/mol. The molecule has 0 radical (unpaired) electrons. The number of hydrogen-bond acceptors (Lipinski definition) is 2. The minimum Gasteiger partial charge on any atom is -0.352 e. The lowest BCUT2D eigenvalue weighted by atomic mass is 10.0. The van der Waals surface area contributed by atoms with Gasteiger partial charge < -0.3 is 5.32 Å². The number of aromatic nitrogens is 1. The van der Waals surface area contributed by atoms with Gasteiger partial charge in [0.25, 0.3) is 5.91 Å². The van der Waals surface area contributed by atoms with Gasteiger partial charge in [-0.2, -0.15) is 0 Å². The second-order valence-corrected chi connectivity index (χ2v) is 6.73. The van der Waals surface area contributed by atoms with Crippen molar-refractivity contribution in [1.82, 2.24) is 10.3 Å². The van der Waals surface area contributed by atoms with Gasteiger partial charge in [0, 0.05) is 17.5 Å². The number of hydrogen-bond donors (Lipinski definition) is 1. The van der Waals surface area contributed by atoms with E-state index in [0.717, 1.165) is 28.6 Å². The molecule has 25 heavy (non-hydrogen) atoms. The fourth-order valence-electron chi connectivity index (χ4n) is 2.81. The Morgan fingerprint density at radius 3 is 2.48 bits per heavy atom. The molecule has 0 bridgehead atoms. The number of pyridine rings is 1. The molecule has 1 aromatic heterocycles. The summed E-state index contributed by atoms with van der Waals surface area (Å²) in [6.45, 7) is 6.98. The molecule has 0 aliphatic heterocycles. The molecule has 2 aromatic carbocycles. The number of amides is 1. The standard InChI is InChI=1S/C22H24N2O/c1-4-16-9-11-17(12-10-16)21-13-19(22(25)23-14-15(2)3)18-7-5-6-8-20(18)24-21/h5-13,15H,4,14H2,1-3H3,(H,23,25). The first-order chi connectivity index (χ1) is 12.1. The molecule has 0 aliphatic rings. The molecule has 0 saturated heterocycles. The third kappa shape index (κ3) is 3.87. The Morgan fingerprint density at radius 1 is 1.08 bits per heavy atom. The van der Waals surface area contributed by atoms with Gasteiger partial charge in [-0.05, 0) is 30.0 Å². The number of fused-ring (bicyclic) bond motifs is 1. The van der Waals surface area contributed by atoms with Crippen LogP contribution >= 0.6 is 0 Å². The zero-order chi connectivity index (χ0) is 17.8. The maximum absolute atomic E-state index is 12.7. The van der Waals surface area contributed by atoms with Crippen molar-refractivity contribution in [2.24, 2.45) is 5.92 Å². The highest BCUT2D eigenvalue weighted by molar-refractivity contribution is 6.07. The molecule has 0 atom stereocenters. The number of nitrogens with one attached hydrogen (secondary N) is 1. The Balaban J connectivity index is 2.06. The van der Waals surface area contributed by atoms with E-state index in [-0.39, 0.29) is 5.91 Å². The van der Waals surface area contributed by atoms with E-state index in [1.165, 1.54) is 5.56 Å². The molecule has 0 fully saturated rings. The molecule has 1 amide bonds. The van der Waals surface area contributed by atoms with E-state index in [1.807, 2.05) is 30.3 Å². The second-order valence-electron chi connectivity index (χ2n) is 6.73. The number of para-hydroxylation sites is 1. The lowest BCUT2D eigenvalue weighted by molar-refractivity contribution is 0.0950. The maximum Gasteiger partial charge on any atom is 0.252 e. The molecule has 0 spiro atoms. The highest BCUT2D eigenvalue weighted by Crippen LogP contribution is 2.25. The third-order valence-corrected chi connectivity index (χ3v) is 4.29. The van der Waals surface area contributed by atoms with Crippen molar-refractivity contribution < 1.29 is 4.79 Å². The lowest BCUT2D eigenvalue weighted by Crippen LogP contribution is -2.27. The summed E-state index contributed by atoms with van der Waals surface area (Å²) in [5, 5.41) is 3.91. The van der Waals surface area contributed by atoms with Gasteiger partial charge in [0.05, 0.1) is 16.8 Å². The van der Waals surface area contributed by atoms with Crippen molar-refractivity contribution in [2.75, 3.05) is 6.54 Å². The molecule has 1 N–H and O–H groups in total. The molecule has 0 unspecified atom stereocenters. The average Bonchev–Trinajstić information content (AvgIpc) is 2.65. The van der Waals surface area contributed by atoms with Crippen molar-refractivity contribution in [1.29, 1.82) is 0 Å². The van der Waals surface area contributed by atoms with Gasteiger partial charge in [-0.1, -0.05) is 63.2 Å². The van der Waals surface area contributed by atoms with E-state index >= 15 is 0 Å². The van der Waals surface area contributed by atoms with Crippen LogP contribution in [0.5, 0.6) is 0 Å². The first kappa shape index (κ1) is 17.2. The van der Waals surface area contributed by atoms with E-state index in [2.05, 4.69) is 50.4 Å². The summed E-state index contributed by atoms with van der Waals surface area (Å²) in [5.74, 6) is 0.372. The molecule has 3 aromatic rings. The summed E-state index contributed by atoms with van der Waals surface area (Å²) >= 11 is 0. The lowest BCUT2D eigenvalue weighted by Gasteiger charge is -2.12. The van der Waals surface area contributed by atoms with E-state index in [4.69, 9.17) is 4.98 Å². The Labute approximate surface area is 149 Å². The van der Waals surface area contributed by atoms with Crippen LogP contribution < -0.4 is 5.32 Å². The van der Waals surface area contributed by atoms with Crippen molar-refractivity contribution >= 4 is 16.8 Å². The SMILES string of the molecule is CCc1ccc(-c2cc(C(=O)NCC(C)C)c3ccccc3n2)cc1. The van der Waals surface area contributed by atoms with Crippen molar-refractivity contribution in [3.63, 3.8) is 0 Å². The van der Waals surface area contributed by atoms with Gasteiger partial charge >= 0.3 is 0 Å². The van der Waals surface area contributed by atoms with Crippen molar-refractivity contribution in [3.8, 4) is 11.3 Å². The zero-order valence-corrected chi connectivity index (χ0v) is 15.0. The summed E-state index contributed by atoms with van der Waals surface area (Å²) < 4.78 is 0. The molecule has 3 nitrogen and oxygen atoms in total. The third-order valence-electron chi connectivity index (χ3n) is 4.29. The number of carbonyl (C=O) groups is 1. The van der Waals surface area contributed by atoms with E-state index in [1.54, 1.807) is 0 Å². The quantitative estimate of drug-likeness (QED) is 0.725. The Bertz CT molecular complexity index is 882. The summed E-state index contributed by atoms with van der Waals surface area (Å²) in [7, 11) is 0. The topological polar surface area (TPSA) is 42.0 Å². The number of carbonyl (C=O) groups excluding carboxylic acids is 1. The van der Waals surface area contributed by atoms with Gasteiger partial charge in [-0.25, -0.2) is 4.98 Å². The number of benzene rings is 2. The molecule has 3 rings (SSSR count). The van der Waals surface area contributed by atoms with Crippen molar-refractivity contribution in [3.05, 3.63) is 65.7 Å². The first-order valence-electron chi connectivity index (χ1n) is 8.85. The van der Waals surface area contributed by atoms with E-state index < -0.39 is 0 Å². The first-order valence-corrected chi connectivity index (χ1v) is 8.85. The number of rotatable bonds is 5. The van der Waals surface area contributed by atoms with Crippen LogP contribution in [0, 0.1) is 5.92 Å². The highest BCUT2D eigenvalue weighted by Gasteiger charge is 2.14. The van der Waals surface area contributed by atoms with Crippen LogP contribution in [0.4, 0.5) is 0 Å².